The van der Waals surface area contributed by atoms with Crippen molar-refractivity contribution < 1.29 is 22.3 Å². The molecule has 0 radical (unpaired) electrons. The minimum atomic E-state index is -4.15. The van der Waals surface area contributed by atoms with E-state index in [9.17, 15) is 12.8 Å². The van der Waals surface area contributed by atoms with Crippen LogP contribution in [0.2, 0.25) is 5.02 Å². The van der Waals surface area contributed by atoms with Gasteiger partial charge in [0.1, 0.15) is 10.7 Å². The lowest BCUT2D eigenvalue weighted by molar-refractivity contribution is -0.147. The molecule has 0 amide bonds. The number of rotatable bonds is 6. The highest BCUT2D eigenvalue weighted by Crippen LogP contribution is 2.47. The van der Waals surface area contributed by atoms with Crippen LogP contribution < -0.4 is 10.0 Å². The van der Waals surface area contributed by atoms with Gasteiger partial charge in [-0.05, 0) is 31.5 Å². The zero-order valence-electron chi connectivity index (χ0n) is 16.6. The second-order valence-corrected chi connectivity index (χ2v) is 11.0. The van der Waals surface area contributed by atoms with E-state index < -0.39 is 26.5 Å². The summed E-state index contributed by atoms with van der Waals surface area (Å²) in [5.41, 5.74) is 0.184. The highest BCUT2D eigenvalue weighted by Gasteiger charge is 2.58. The Labute approximate surface area is 188 Å². The van der Waals surface area contributed by atoms with E-state index in [2.05, 4.69) is 19.9 Å². The molecule has 8 nitrogen and oxygen atoms in total. The third-order valence-corrected chi connectivity index (χ3v) is 8.64. The van der Waals surface area contributed by atoms with Gasteiger partial charge in [-0.1, -0.05) is 11.6 Å². The predicted molar refractivity (Wildman–Crippen MR) is 116 cm³/mol. The minimum absolute atomic E-state index is 0.128. The highest BCUT2D eigenvalue weighted by molar-refractivity contribution is 7.93. The fourth-order valence-corrected chi connectivity index (χ4v) is 6.99. The van der Waals surface area contributed by atoms with Gasteiger partial charge in [0.2, 0.25) is 0 Å². The summed E-state index contributed by atoms with van der Waals surface area (Å²) in [4.78, 5) is 5.71. The lowest BCUT2D eigenvalue weighted by Gasteiger charge is -2.32. The lowest BCUT2D eigenvalue weighted by Crippen LogP contribution is -2.44. The topological polar surface area (TPSA) is 92.8 Å². The molecule has 31 heavy (non-hydrogen) atoms. The maximum atomic E-state index is 14.8. The van der Waals surface area contributed by atoms with Crippen LogP contribution in [-0.2, 0) is 19.5 Å². The first-order valence-electron chi connectivity index (χ1n) is 9.99. The van der Waals surface area contributed by atoms with E-state index in [0.717, 1.165) is 55.8 Å². The molecule has 1 aromatic heterocycles. The Kier molecular flexibility index (Phi) is 5.39. The van der Waals surface area contributed by atoms with Gasteiger partial charge >= 0.3 is 0 Å². The standard InChI is InChI=1S/C19H22ClFN4O4S2/c20-13-8-16(31(26,27)24-17-22-3-7-30-17)14(21)9-15(13)23-11-18-2-1-4-25(18)12-19(10-18)28-5-6-29-19/h3,7-9,23H,1-2,4-6,10-12H2,(H,22,24)/t18-/m0/s1. The van der Waals surface area contributed by atoms with Gasteiger partial charge in [-0.3, -0.25) is 9.62 Å². The zero-order chi connectivity index (χ0) is 21.7. The van der Waals surface area contributed by atoms with Crippen molar-refractivity contribution in [2.24, 2.45) is 0 Å². The number of fused-ring (bicyclic) bond motifs is 1. The van der Waals surface area contributed by atoms with Gasteiger partial charge in [0, 0.05) is 30.1 Å². The van der Waals surface area contributed by atoms with Crippen LogP contribution in [0, 0.1) is 5.82 Å². The number of halogens is 2. The van der Waals surface area contributed by atoms with Crippen molar-refractivity contribution in [1.29, 1.82) is 0 Å². The van der Waals surface area contributed by atoms with Crippen LogP contribution in [0.25, 0.3) is 0 Å². The Bertz CT molecular complexity index is 1080. The van der Waals surface area contributed by atoms with Crippen molar-refractivity contribution >= 4 is 43.8 Å². The smallest absolute Gasteiger partial charge is 0.266 e. The van der Waals surface area contributed by atoms with Gasteiger partial charge in [0.05, 0.1) is 30.5 Å². The fraction of sp³-hybridized carbons (Fsp3) is 0.526. The van der Waals surface area contributed by atoms with Crippen LogP contribution in [0.5, 0.6) is 0 Å². The largest absolute Gasteiger partial charge is 0.382 e. The average molecular weight is 489 g/mol. The third-order valence-electron chi connectivity index (χ3n) is 6.16. The van der Waals surface area contributed by atoms with E-state index >= 15 is 0 Å². The van der Waals surface area contributed by atoms with Crippen molar-refractivity contribution in [2.45, 2.75) is 35.5 Å². The number of ether oxygens (including phenoxy) is 2. The third kappa shape index (κ3) is 3.91. The molecule has 0 bridgehead atoms. The van der Waals surface area contributed by atoms with Crippen LogP contribution >= 0.6 is 22.9 Å². The van der Waals surface area contributed by atoms with Gasteiger partial charge in [-0.2, -0.15) is 0 Å². The minimum Gasteiger partial charge on any atom is -0.382 e. The van der Waals surface area contributed by atoms with E-state index in [1.165, 1.54) is 6.20 Å². The van der Waals surface area contributed by atoms with Crippen LogP contribution in [0.15, 0.2) is 28.6 Å². The Morgan fingerprint density at radius 2 is 2.13 bits per heavy atom. The normalized spacial score (nSPS) is 25.2. The number of sulfonamides is 1. The van der Waals surface area contributed by atoms with Crippen molar-refractivity contribution in [3.63, 3.8) is 0 Å². The maximum absolute atomic E-state index is 14.8. The average Bonchev–Trinajstić information content (AvgIpc) is 3.48. The molecule has 1 aromatic carbocycles. The molecule has 0 aliphatic carbocycles. The van der Waals surface area contributed by atoms with Crippen LogP contribution in [-0.4, -0.2) is 62.5 Å². The molecule has 2 N–H and O–H groups in total. The Hall–Kier alpha value is -1.50. The zero-order valence-corrected chi connectivity index (χ0v) is 19.0. The monoisotopic (exact) mass is 488 g/mol. The van der Waals surface area contributed by atoms with Gasteiger partial charge in [-0.15, -0.1) is 11.3 Å². The summed E-state index contributed by atoms with van der Waals surface area (Å²) >= 11 is 7.44. The Balaban J connectivity index is 1.34. The van der Waals surface area contributed by atoms with Crippen molar-refractivity contribution in [1.82, 2.24) is 9.88 Å². The molecule has 5 rings (SSSR count). The Morgan fingerprint density at radius 3 is 2.87 bits per heavy atom. The number of thiazole rings is 1. The van der Waals surface area contributed by atoms with Gasteiger partial charge in [0.25, 0.3) is 10.0 Å². The predicted octanol–water partition coefficient (Wildman–Crippen LogP) is 3.13. The number of aromatic nitrogens is 1. The summed E-state index contributed by atoms with van der Waals surface area (Å²) in [6.45, 7) is 3.40. The first kappa shape index (κ1) is 21.4. The number of nitrogens with zero attached hydrogens (tertiary/aromatic N) is 2. The number of hydrogen-bond donors (Lipinski definition) is 2. The van der Waals surface area contributed by atoms with Crippen molar-refractivity contribution in [2.75, 3.05) is 42.9 Å². The van der Waals surface area contributed by atoms with E-state index in [1.54, 1.807) is 5.38 Å². The summed E-state index contributed by atoms with van der Waals surface area (Å²) in [5.74, 6) is -1.45. The molecule has 12 heteroatoms. The summed E-state index contributed by atoms with van der Waals surface area (Å²) in [6, 6.07) is 2.25. The van der Waals surface area contributed by atoms with E-state index in [-0.39, 0.29) is 15.7 Å². The SMILES string of the molecule is O=S(=O)(Nc1nccs1)c1cc(Cl)c(NC[C@@]23CCCN2CC2(C3)OCCO2)cc1F. The van der Waals surface area contributed by atoms with Gasteiger partial charge < -0.3 is 14.8 Å². The summed E-state index contributed by atoms with van der Waals surface area (Å²) in [6.07, 6.45) is 4.23. The van der Waals surface area contributed by atoms with E-state index in [0.29, 0.717) is 25.4 Å². The molecule has 168 valence electrons. The molecule has 3 fully saturated rings. The van der Waals surface area contributed by atoms with E-state index in [1.807, 2.05) is 0 Å². The molecule has 1 atom stereocenters. The molecular weight excluding hydrogens is 467 g/mol. The van der Waals surface area contributed by atoms with Gasteiger partial charge in [0.15, 0.2) is 10.9 Å². The molecular formula is C19H22ClFN4O4S2. The molecule has 2 aromatic rings. The molecule has 0 saturated carbocycles. The summed E-state index contributed by atoms with van der Waals surface area (Å²) in [7, 11) is -4.15. The summed E-state index contributed by atoms with van der Waals surface area (Å²) < 4.78 is 53.9. The van der Waals surface area contributed by atoms with Crippen molar-refractivity contribution in [3.05, 3.63) is 34.5 Å². The number of anilines is 2. The maximum Gasteiger partial charge on any atom is 0.266 e. The van der Waals surface area contributed by atoms with Gasteiger partial charge in [-0.25, -0.2) is 17.8 Å². The lowest BCUT2D eigenvalue weighted by atomic mass is 9.92. The van der Waals surface area contributed by atoms with Crippen LogP contribution in [0.3, 0.4) is 0 Å². The molecule has 3 saturated heterocycles. The van der Waals surface area contributed by atoms with Crippen LogP contribution in [0.1, 0.15) is 19.3 Å². The molecule has 0 unspecified atom stereocenters. The molecule has 1 spiro atoms. The van der Waals surface area contributed by atoms with E-state index in [4.69, 9.17) is 21.1 Å². The molecule has 3 aliphatic heterocycles. The first-order chi connectivity index (χ1) is 14.8. The quantitative estimate of drug-likeness (QED) is 0.645. The number of hydrogen-bond acceptors (Lipinski definition) is 8. The fourth-order valence-electron chi connectivity index (χ4n) is 4.82. The second-order valence-electron chi connectivity index (χ2n) is 8.09. The first-order valence-corrected chi connectivity index (χ1v) is 12.7. The van der Waals surface area contributed by atoms with Crippen LogP contribution in [0.4, 0.5) is 15.2 Å². The molecule has 3 aliphatic rings. The number of benzene rings is 1. The molecule has 4 heterocycles. The second kappa shape index (κ2) is 7.82. The Morgan fingerprint density at radius 1 is 1.32 bits per heavy atom. The summed E-state index contributed by atoms with van der Waals surface area (Å²) in [5, 5.41) is 5.14. The van der Waals surface area contributed by atoms with Crippen molar-refractivity contribution in [3.8, 4) is 0 Å². The highest BCUT2D eigenvalue weighted by atomic mass is 35.5. The number of nitrogens with one attached hydrogen (secondary N) is 2.